The minimum atomic E-state index is -0.550. The SMILES string of the molecule is OCc1n[nH]c(=S)n1-c1ccc(Cl)c(F)c1. The number of nitrogens with one attached hydrogen (secondary N) is 1. The van der Waals surface area contributed by atoms with Gasteiger partial charge in [0.25, 0.3) is 0 Å². The van der Waals surface area contributed by atoms with Crippen LogP contribution in [0.1, 0.15) is 5.82 Å². The van der Waals surface area contributed by atoms with Crippen LogP contribution in [-0.4, -0.2) is 19.9 Å². The maximum absolute atomic E-state index is 13.3. The van der Waals surface area contributed by atoms with Gasteiger partial charge in [0.05, 0.1) is 10.7 Å². The average Bonchev–Trinajstić information content (AvgIpc) is 2.64. The monoisotopic (exact) mass is 259 g/mol. The summed E-state index contributed by atoms with van der Waals surface area (Å²) in [4.78, 5) is 0. The van der Waals surface area contributed by atoms with Gasteiger partial charge in [-0.2, -0.15) is 5.10 Å². The van der Waals surface area contributed by atoms with E-state index in [0.29, 0.717) is 11.5 Å². The molecule has 0 amide bonds. The summed E-state index contributed by atoms with van der Waals surface area (Å²) in [6.45, 7) is -0.294. The molecule has 0 radical (unpaired) electrons. The molecular weight excluding hydrogens is 253 g/mol. The Morgan fingerprint density at radius 1 is 1.56 bits per heavy atom. The Morgan fingerprint density at radius 2 is 2.31 bits per heavy atom. The van der Waals surface area contributed by atoms with Crippen molar-refractivity contribution in [2.75, 3.05) is 0 Å². The van der Waals surface area contributed by atoms with Crippen LogP contribution in [0, 0.1) is 10.6 Å². The van der Waals surface area contributed by atoms with Crippen LogP contribution in [0.4, 0.5) is 4.39 Å². The van der Waals surface area contributed by atoms with Gasteiger partial charge in [-0.3, -0.25) is 9.67 Å². The molecule has 4 nitrogen and oxygen atoms in total. The van der Waals surface area contributed by atoms with Gasteiger partial charge in [-0.1, -0.05) is 11.6 Å². The Bertz CT molecular complexity index is 580. The van der Waals surface area contributed by atoms with Gasteiger partial charge in [0.1, 0.15) is 12.4 Å². The van der Waals surface area contributed by atoms with Crippen LogP contribution in [0.15, 0.2) is 18.2 Å². The molecule has 7 heteroatoms. The van der Waals surface area contributed by atoms with Crippen LogP contribution < -0.4 is 0 Å². The number of aliphatic hydroxyl groups excluding tert-OH is 1. The summed E-state index contributed by atoms with van der Waals surface area (Å²) in [5, 5.41) is 15.4. The van der Waals surface area contributed by atoms with Crippen molar-refractivity contribution in [2.24, 2.45) is 0 Å². The Hall–Kier alpha value is -1.24. The van der Waals surface area contributed by atoms with Crippen LogP contribution in [0.5, 0.6) is 0 Å². The molecular formula is C9H7ClFN3OS. The highest BCUT2D eigenvalue weighted by molar-refractivity contribution is 7.71. The van der Waals surface area contributed by atoms with Gasteiger partial charge in [0.2, 0.25) is 0 Å². The van der Waals surface area contributed by atoms with Crippen molar-refractivity contribution in [3.63, 3.8) is 0 Å². The van der Waals surface area contributed by atoms with Crippen LogP contribution in [-0.2, 0) is 6.61 Å². The van der Waals surface area contributed by atoms with Gasteiger partial charge in [0, 0.05) is 0 Å². The fraction of sp³-hybridized carbons (Fsp3) is 0.111. The normalized spacial score (nSPS) is 10.7. The Labute approximate surface area is 100 Å². The highest BCUT2D eigenvalue weighted by atomic mass is 35.5. The van der Waals surface area contributed by atoms with E-state index in [4.69, 9.17) is 28.9 Å². The third kappa shape index (κ3) is 1.87. The van der Waals surface area contributed by atoms with Gasteiger partial charge >= 0.3 is 0 Å². The average molecular weight is 260 g/mol. The first-order valence-electron chi connectivity index (χ1n) is 4.36. The number of aromatic nitrogens is 3. The first-order chi connectivity index (χ1) is 7.63. The van der Waals surface area contributed by atoms with E-state index in [1.165, 1.54) is 16.7 Å². The van der Waals surface area contributed by atoms with Crippen LogP contribution in [0.3, 0.4) is 0 Å². The summed E-state index contributed by atoms with van der Waals surface area (Å²) in [7, 11) is 0. The van der Waals surface area contributed by atoms with E-state index in [1.807, 2.05) is 0 Å². The minimum absolute atomic E-state index is 0.0318. The maximum atomic E-state index is 13.3. The molecule has 1 aromatic carbocycles. The smallest absolute Gasteiger partial charge is 0.199 e. The van der Waals surface area contributed by atoms with Crippen molar-refractivity contribution in [3.05, 3.63) is 39.6 Å². The molecule has 0 aliphatic carbocycles. The zero-order chi connectivity index (χ0) is 11.7. The fourth-order valence-corrected chi connectivity index (χ4v) is 1.70. The molecule has 2 rings (SSSR count). The van der Waals surface area contributed by atoms with E-state index in [1.54, 1.807) is 6.07 Å². The van der Waals surface area contributed by atoms with Crippen LogP contribution in [0.2, 0.25) is 5.02 Å². The second kappa shape index (κ2) is 4.32. The lowest BCUT2D eigenvalue weighted by Crippen LogP contribution is -2.01. The minimum Gasteiger partial charge on any atom is -0.388 e. The highest BCUT2D eigenvalue weighted by Gasteiger charge is 2.09. The number of benzene rings is 1. The van der Waals surface area contributed by atoms with Gasteiger partial charge < -0.3 is 5.11 Å². The third-order valence-corrected chi connectivity index (χ3v) is 2.62. The molecule has 0 saturated heterocycles. The highest BCUT2D eigenvalue weighted by Crippen LogP contribution is 2.19. The number of rotatable bonds is 2. The van der Waals surface area contributed by atoms with E-state index in [9.17, 15) is 4.39 Å². The number of H-pyrrole nitrogens is 1. The van der Waals surface area contributed by atoms with Gasteiger partial charge in [-0.05, 0) is 30.4 Å². The predicted molar refractivity (Wildman–Crippen MR) is 59.6 cm³/mol. The number of aromatic amines is 1. The molecule has 2 aromatic rings. The van der Waals surface area contributed by atoms with E-state index in [-0.39, 0.29) is 16.4 Å². The fourth-order valence-electron chi connectivity index (χ4n) is 1.33. The molecule has 0 saturated carbocycles. The van der Waals surface area contributed by atoms with E-state index in [0.717, 1.165) is 0 Å². The maximum Gasteiger partial charge on any atom is 0.199 e. The molecule has 0 unspecified atom stereocenters. The van der Waals surface area contributed by atoms with Crippen molar-refractivity contribution in [3.8, 4) is 5.69 Å². The van der Waals surface area contributed by atoms with Crippen LogP contribution >= 0.6 is 23.8 Å². The predicted octanol–water partition coefficient (Wildman–Crippen LogP) is 2.21. The van der Waals surface area contributed by atoms with Crippen LogP contribution in [0.25, 0.3) is 5.69 Å². The largest absolute Gasteiger partial charge is 0.388 e. The lowest BCUT2D eigenvalue weighted by Gasteiger charge is -2.05. The third-order valence-electron chi connectivity index (χ3n) is 2.04. The van der Waals surface area contributed by atoms with Gasteiger partial charge in [-0.15, -0.1) is 0 Å². The first kappa shape index (κ1) is 11.3. The molecule has 0 bridgehead atoms. The Kier molecular flexibility index (Phi) is 3.04. The molecule has 84 valence electrons. The van der Waals surface area contributed by atoms with Gasteiger partial charge in [-0.25, -0.2) is 4.39 Å². The molecule has 1 heterocycles. The van der Waals surface area contributed by atoms with E-state index >= 15 is 0 Å². The van der Waals surface area contributed by atoms with Crippen molar-refractivity contribution < 1.29 is 9.50 Å². The Morgan fingerprint density at radius 3 is 2.94 bits per heavy atom. The summed E-state index contributed by atoms with van der Waals surface area (Å²) in [6, 6.07) is 4.24. The summed E-state index contributed by atoms with van der Waals surface area (Å²) in [5.74, 6) is -0.238. The molecule has 1 aromatic heterocycles. The first-order valence-corrected chi connectivity index (χ1v) is 5.14. The quantitative estimate of drug-likeness (QED) is 0.813. The lowest BCUT2D eigenvalue weighted by molar-refractivity contribution is 0.268. The standard InChI is InChI=1S/C9H7ClFN3OS/c10-6-2-1-5(3-7(6)11)14-8(4-15)12-13-9(14)16/h1-3,15H,4H2,(H,13,16). The van der Waals surface area contributed by atoms with Crippen molar-refractivity contribution in [1.82, 2.24) is 14.8 Å². The lowest BCUT2D eigenvalue weighted by atomic mass is 10.3. The molecule has 16 heavy (non-hydrogen) atoms. The van der Waals surface area contributed by atoms with Gasteiger partial charge in [0.15, 0.2) is 10.6 Å². The number of aliphatic hydroxyl groups is 1. The summed E-state index contributed by atoms with van der Waals surface area (Å²) >= 11 is 10.5. The Balaban J connectivity index is 2.62. The van der Waals surface area contributed by atoms with Crippen molar-refractivity contribution in [1.29, 1.82) is 0 Å². The van der Waals surface area contributed by atoms with Crippen molar-refractivity contribution >= 4 is 23.8 Å². The number of hydrogen-bond acceptors (Lipinski definition) is 3. The number of nitrogens with zero attached hydrogens (tertiary/aromatic N) is 2. The molecule has 0 spiro atoms. The molecule has 0 aliphatic heterocycles. The van der Waals surface area contributed by atoms with E-state index < -0.39 is 5.82 Å². The summed E-state index contributed by atoms with van der Waals surface area (Å²) in [6.07, 6.45) is 0. The second-order valence-electron chi connectivity index (χ2n) is 3.04. The zero-order valence-corrected chi connectivity index (χ0v) is 9.52. The molecule has 0 fully saturated rings. The van der Waals surface area contributed by atoms with Crippen molar-refractivity contribution in [2.45, 2.75) is 6.61 Å². The number of hydrogen-bond donors (Lipinski definition) is 2. The summed E-state index contributed by atoms with van der Waals surface area (Å²) < 4.78 is 15.0. The topological polar surface area (TPSA) is 53.8 Å². The molecule has 2 N–H and O–H groups in total. The van der Waals surface area contributed by atoms with E-state index in [2.05, 4.69) is 10.2 Å². The number of halogens is 2. The molecule has 0 atom stereocenters. The second-order valence-corrected chi connectivity index (χ2v) is 3.83. The zero-order valence-electron chi connectivity index (χ0n) is 7.94. The summed E-state index contributed by atoms with van der Waals surface area (Å²) in [5.41, 5.74) is 0.463. The molecule has 0 aliphatic rings.